The Kier molecular flexibility index (Phi) is 6.31. The first-order valence-corrected chi connectivity index (χ1v) is 7.91. The van der Waals surface area contributed by atoms with E-state index < -0.39 is 22.3 Å². The van der Waals surface area contributed by atoms with Gasteiger partial charge in [0.25, 0.3) is 5.91 Å². The molecule has 0 aliphatic heterocycles. The van der Waals surface area contributed by atoms with Crippen molar-refractivity contribution in [3.05, 3.63) is 61.6 Å². The van der Waals surface area contributed by atoms with Crippen LogP contribution in [0.5, 0.6) is 11.5 Å². The van der Waals surface area contributed by atoms with E-state index >= 15 is 0 Å². The zero-order valence-electron chi connectivity index (χ0n) is 12.5. The van der Waals surface area contributed by atoms with Gasteiger partial charge in [0, 0.05) is 21.1 Å². The van der Waals surface area contributed by atoms with Gasteiger partial charge in [-0.2, -0.15) is 5.10 Å². The molecule has 2 aromatic rings. The fourth-order valence-electron chi connectivity index (χ4n) is 1.73. The van der Waals surface area contributed by atoms with Crippen molar-refractivity contribution in [2.45, 2.75) is 0 Å². The average Bonchev–Trinajstić information content (AvgIpc) is 2.57. The van der Waals surface area contributed by atoms with Crippen molar-refractivity contribution in [3.63, 3.8) is 0 Å². The topological polar surface area (TPSA) is 114 Å². The molecule has 0 spiro atoms. The van der Waals surface area contributed by atoms with E-state index in [4.69, 9.17) is 16.3 Å². The fourth-order valence-corrected chi connectivity index (χ4v) is 2.32. The Morgan fingerprint density at radius 2 is 2.08 bits per heavy atom. The maximum absolute atomic E-state index is 11.6. The van der Waals surface area contributed by atoms with E-state index in [0.717, 1.165) is 12.3 Å². The Balaban J connectivity index is 1.95. The van der Waals surface area contributed by atoms with E-state index in [0.29, 0.717) is 15.2 Å². The third-order valence-corrected chi connectivity index (χ3v) is 3.57. The third-order valence-electron chi connectivity index (χ3n) is 2.86. The lowest BCUT2D eigenvalue weighted by atomic mass is 10.2. The number of hydrogen-bond donors (Lipinski definition) is 2. The third kappa shape index (κ3) is 5.44. The van der Waals surface area contributed by atoms with Crippen LogP contribution >= 0.6 is 27.5 Å². The molecule has 25 heavy (non-hydrogen) atoms. The first-order chi connectivity index (χ1) is 11.9. The van der Waals surface area contributed by atoms with E-state index in [-0.39, 0.29) is 12.2 Å². The molecule has 0 aliphatic rings. The number of carbonyl (C=O) groups excluding carboxylic acids is 1. The molecular formula is C15H11BrClN3O5. The van der Waals surface area contributed by atoms with E-state index in [2.05, 4.69) is 26.5 Å². The van der Waals surface area contributed by atoms with Crippen molar-refractivity contribution < 1.29 is 19.6 Å². The summed E-state index contributed by atoms with van der Waals surface area (Å²) in [5.41, 5.74) is 1.78. The summed E-state index contributed by atoms with van der Waals surface area (Å²) in [6.07, 6.45) is 1.09. The highest BCUT2D eigenvalue weighted by atomic mass is 79.9. The lowest BCUT2D eigenvalue weighted by Gasteiger charge is -2.05. The maximum Gasteiger partial charge on any atom is 0.312 e. The Morgan fingerprint density at radius 1 is 1.40 bits per heavy atom. The number of hydrazone groups is 1. The van der Waals surface area contributed by atoms with Gasteiger partial charge in [0.2, 0.25) is 5.75 Å². The van der Waals surface area contributed by atoms with Crippen molar-refractivity contribution >= 4 is 45.3 Å². The summed E-state index contributed by atoms with van der Waals surface area (Å²) in [5.74, 6) is -0.636. The Morgan fingerprint density at radius 3 is 2.72 bits per heavy atom. The molecule has 2 rings (SSSR count). The highest BCUT2D eigenvalue weighted by Crippen LogP contribution is 2.32. The fraction of sp³-hybridized carbons (Fsp3) is 0.0667. The highest BCUT2D eigenvalue weighted by molar-refractivity contribution is 9.10. The minimum absolute atomic E-state index is 0.0694. The van der Waals surface area contributed by atoms with Crippen LogP contribution in [0.3, 0.4) is 0 Å². The van der Waals surface area contributed by atoms with Gasteiger partial charge in [-0.05, 0) is 30.3 Å². The van der Waals surface area contributed by atoms with E-state index in [9.17, 15) is 20.0 Å². The molecule has 2 aromatic carbocycles. The van der Waals surface area contributed by atoms with Crippen molar-refractivity contribution in [1.82, 2.24) is 5.43 Å². The van der Waals surface area contributed by atoms with Crippen molar-refractivity contribution in [3.8, 4) is 11.5 Å². The molecule has 0 fully saturated rings. The van der Waals surface area contributed by atoms with Crippen LogP contribution in [0.25, 0.3) is 0 Å². The van der Waals surface area contributed by atoms with Crippen LogP contribution in [0, 0.1) is 10.1 Å². The predicted molar refractivity (Wildman–Crippen MR) is 95.1 cm³/mol. The van der Waals surface area contributed by atoms with Gasteiger partial charge >= 0.3 is 5.69 Å². The molecule has 10 heteroatoms. The number of nitro groups is 1. The molecule has 0 bridgehead atoms. The van der Waals surface area contributed by atoms with Gasteiger partial charge in [-0.15, -0.1) is 0 Å². The number of halogens is 2. The quantitative estimate of drug-likeness (QED) is 0.416. The lowest BCUT2D eigenvalue weighted by Crippen LogP contribution is -2.24. The second-order valence-corrected chi connectivity index (χ2v) is 6.01. The normalized spacial score (nSPS) is 10.6. The molecule has 2 N–H and O–H groups in total. The number of nitro benzene ring substituents is 1. The van der Waals surface area contributed by atoms with Crippen LogP contribution in [0.15, 0.2) is 46.0 Å². The first kappa shape index (κ1) is 18.7. The van der Waals surface area contributed by atoms with Crippen LogP contribution in [0.1, 0.15) is 5.56 Å². The lowest BCUT2D eigenvalue weighted by molar-refractivity contribution is -0.385. The van der Waals surface area contributed by atoms with E-state index in [1.807, 2.05) is 0 Å². The molecule has 0 aromatic heterocycles. The van der Waals surface area contributed by atoms with Gasteiger partial charge in [0.15, 0.2) is 6.61 Å². The van der Waals surface area contributed by atoms with Crippen LogP contribution < -0.4 is 10.2 Å². The monoisotopic (exact) mass is 427 g/mol. The summed E-state index contributed by atoms with van der Waals surface area (Å²) in [6.45, 7) is -0.288. The molecule has 0 heterocycles. The van der Waals surface area contributed by atoms with Gasteiger partial charge in [-0.3, -0.25) is 14.9 Å². The number of amides is 1. The number of nitrogens with one attached hydrogen (secondary N) is 1. The number of hydrogen-bond acceptors (Lipinski definition) is 6. The van der Waals surface area contributed by atoms with Crippen LogP contribution in [0.2, 0.25) is 5.02 Å². The molecule has 0 radical (unpaired) electrons. The summed E-state index contributed by atoms with van der Waals surface area (Å²) in [5, 5.41) is 24.8. The van der Waals surface area contributed by atoms with Gasteiger partial charge in [-0.1, -0.05) is 27.5 Å². The van der Waals surface area contributed by atoms with Gasteiger partial charge in [0.1, 0.15) is 5.75 Å². The van der Waals surface area contributed by atoms with E-state index in [1.54, 1.807) is 24.3 Å². The molecular weight excluding hydrogens is 418 g/mol. The molecule has 0 saturated carbocycles. The van der Waals surface area contributed by atoms with Crippen LogP contribution in [-0.4, -0.2) is 28.8 Å². The maximum atomic E-state index is 11.6. The van der Waals surface area contributed by atoms with Gasteiger partial charge < -0.3 is 9.84 Å². The Hall–Kier alpha value is -2.65. The van der Waals surface area contributed by atoms with Crippen molar-refractivity contribution in [2.24, 2.45) is 5.10 Å². The number of phenols is 1. The van der Waals surface area contributed by atoms with E-state index in [1.165, 1.54) is 6.07 Å². The van der Waals surface area contributed by atoms with Gasteiger partial charge in [0.05, 0.1) is 11.1 Å². The predicted octanol–water partition coefficient (Wildman–Crippen LogP) is 3.25. The number of nitrogens with zero attached hydrogens (tertiary/aromatic N) is 2. The summed E-state index contributed by atoms with van der Waals surface area (Å²) >= 11 is 8.83. The number of aromatic hydroxyl groups is 1. The van der Waals surface area contributed by atoms with Crippen LogP contribution in [-0.2, 0) is 4.79 Å². The molecule has 130 valence electrons. The molecule has 8 nitrogen and oxygen atoms in total. The molecule has 0 unspecified atom stereocenters. The summed E-state index contributed by atoms with van der Waals surface area (Å²) in [7, 11) is 0. The smallest absolute Gasteiger partial charge is 0.312 e. The number of carbonyl (C=O) groups is 1. The Labute approximate surface area is 155 Å². The largest absolute Gasteiger partial charge is 0.502 e. The molecule has 0 aliphatic carbocycles. The Bertz CT molecular complexity index is 827. The summed E-state index contributed by atoms with van der Waals surface area (Å²) in [6, 6.07) is 9.04. The SMILES string of the molecule is O=C(COc1ccc(Cl)cc1)N/N=C\c1cc(Br)cc([N+](=O)[O-])c1O. The standard InChI is InChI=1S/C15H11BrClN3O5/c16-10-5-9(15(22)13(6-10)20(23)24)7-18-19-14(21)8-25-12-3-1-11(17)2-4-12/h1-7,22H,8H2,(H,19,21)/b18-7-. The first-order valence-electron chi connectivity index (χ1n) is 6.74. The average molecular weight is 429 g/mol. The summed E-state index contributed by atoms with van der Waals surface area (Å²) < 4.78 is 5.61. The van der Waals surface area contributed by atoms with Crippen LogP contribution in [0.4, 0.5) is 5.69 Å². The summed E-state index contributed by atoms with van der Waals surface area (Å²) in [4.78, 5) is 21.8. The highest BCUT2D eigenvalue weighted by Gasteiger charge is 2.17. The zero-order valence-corrected chi connectivity index (χ0v) is 14.8. The number of benzene rings is 2. The van der Waals surface area contributed by atoms with Crippen molar-refractivity contribution in [1.29, 1.82) is 0 Å². The molecule has 0 saturated heterocycles. The minimum Gasteiger partial charge on any atom is -0.502 e. The minimum atomic E-state index is -0.726. The van der Waals surface area contributed by atoms with Crippen molar-refractivity contribution in [2.75, 3.05) is 6.61 Å². The second kappa shape index (κ2) is 8.45. The number of phenolic OH excluding ortho intramolecular Hbond substituents is 1. The second-order valence-electron chi connectivity index (χ2n) is 4.66. The number of ether oxygens (including phenoxy) is 1. The van der Waals surface area contributed by atoms with Gasteiger partial charge in [-0.25, -0.2) is 5.43 Å². The number of rotatable bonds is 6. The molecule has 1 amide bonds. The molecule has 0 atom stereocenters. The zero-order chi connectivity index (χ0) is 18.4.